The summed E-state index contributed by atoms with van der Waals surface area (Å²) in [5, 5.41) is 4.52. The molecule has 0 aliphatic heterocycles. The lowest BCUT2D eigenvalue weighted by Crippen LogP contribution is -2.11. The molecule has 0 unspecified atom stereocenters. The largest absolute Gasteiger partial charge is 0.326 e. The molecule has 2 rings (SSSR count). The number of anilines is 1. The van der Waals surface area contributed by atoms with Gasteiger partial charge in [0.2, 0.25) is 5.91 Å². The molecule has 1 amide bonds. The summed E-state index contributed by atoms with van der Waals surface area (Å²) in [6.45, 7) is 0. The van der Waals surface area contributed by atoms with Crippen LogP contribution in [0.4, 0.5) is 5.69 Å². The number of hydrogen-bond acceptors (Lipinski definition) is 2. The second-order valence-electron chi connectivity index (χ2n) is 4.61. The lowest BCUT2D eigenvalue weighted by molar-refractivity contribution is -0.116. The standard InChI is InChI=1S/C16H14Cl3NOS/c17-11-3-5-15(6-4-11)22-7-1-2-16(21)20-14-9-12(18)8-13(19)10-14/h3-6,8-10H,1-2,7H2,(H,20,21). The Hall–Kier alpha value is -0.870. The van der Waals surface area contributed by atoms with Gasteiger partial charge in [-0.1, -0.05) is 34.8 Å². The average Bonchev–Trinajstić information content (AvgIpc) is 2.44. The molecule has 0 fully saturated rings. The van der Waals surface area contributed by atoms with Gasteiger partial charge in [0, 0.05) is 32.1 Å². The zero-order valence-electron chi connectivity index (χ0n) is 11.6. The lowest BCUT2D eigenvalue weighted by Gasteiger charge is -2.06. The van der Waals surface area contributed by atoms with E-state index in [0.717, 1.165) is 22.1 Å². The molecule has 22 heavy (non-hydrogen) atoms. The lowest BCUT2D eigenvalue weighted by atomic mass is 10.3. The first-order valence-corrected chi connectivity index (χ1v) is 8.79. The fourth-order valence-electron chi connectivity index (χ4n) is 1.80. The molecule has 0 bridgehead atoms. The first-order valence-electron chi connectivity index (χ1n) is 6.67. The molecule has 2 nitrogen and oxygen atoms in total. The van der Waals surface area contributed by atoms with Crippen molar-refractivity contribution < 1.29 is 4.79 Å². The highest BCUT2D eigenvalue weighted by Crippen LogP contribution is 2.23. The molecule has 0 radical (unpaired) electrons. The van der Waals surface area contributed by atoms with Crippen molar-refractivity contribution in [2.45, 2.75) is 17.7 Å². The van der Waals surface area contributed by atoms with Crippen LogP contribution in [0.25, 0.3) is 0 Å². The van der Waals surface area contributed by atoms with Gasteiger partial charge in [0.25, 0.3) is 0 Å². The molecule has 6 heteroatoms. The molecular formula is C16H14Cl3NOS. The van der Waals surface area contributed by atoms with Crippen molar-refractivity contribution in [1.29, 1.82) is 0 Å². The molecule has 2 aromatic carbocycles. The molecular weight excluding hydrogens is 361 g/mol. The summed E-state index contributed by atoms with van der Waals surface area (Å²) in [5.74, 6) is 0.820. The number of halogens is 3. The minimum atomic E-state index is -0.0463. The highest BCUT2D eigenvalue weighted by atomic mass is 35.5. The summed E-state index contributed by atoms with van der Waals surface area (Å²) in [5.41, 5.74) is 0.618. The van der Waals surface area contributed by atoms with Gasteiger partial charge in [0.15, 0.2) is 0 Å². The van der Waals surface area contributed by atoms with E-state index in [9.17, 15) is 4.79 Å². The van der Waals surface area contributed by atoms with E-state index in [-0.39, 0.29) is 5.91 Å². The fraction of sp³-hybridized carbons (Fsp3) is 0.188. The van der Waals surface area contributed by atoms with E-state index in [1.807, 2.05) is 24.3 Å². The highest BCUT2D eigenvalue weighted by molar-refractivity contribution is 7.99. The van der Waals surface area contributed by atoms with Crippen LogP contribution in [-0.2, 0) is 4.79 Å². The van der Waals surface area contributed by atoms with Gasteiger partial charge in [0.05, 0.1) is 0 Å². The Morgan fingerprint density at radius 2 is 1.59 bits per heavy atom. The summed E-state index contributed by atoms with van der Waals surface area (Å²) < 4.78 is 0. The van der Waals surface area contributed by atoms with Crippen molar-refractivity contribution >= 4 is 58.2 Å². The Kier molecular flexibility index (Phi) is 6.90. The van der Waals surface area contributed by atoms with Crippen molar-refractivity contribution in [2.24, 2.45) is 0 Å². The third-order valence-corrected chi connectivity index (χ3v) is 4.56. The molecule has 0 aliphatic carbocycles. The second kappa shape index (κ2) is 8.68. The Balaban J connectivity index is 1.72. The van der Waals surface area contributed by atoms with Crippen molar-refractivity contribution in [1.82, 2.24) is 0 Å². The van der Waals surface area contributed by atoms with Gasteiger partial charge in [-0.2, -0.15) is 0 Å². The zero-order chi connectivity index (χ0) is 15.9. The van der Waals surface area contributed by atoms with E-state index in [0.29, 0.717) is 22.2 Å². The first-order chi connectivity index (χ1) is 10.5. The van der Waals surface area contributed by atoms with E-state index in [1.54, 1.807) is 30.0 Å². The summed E-state index contributed by atoms with van der Waals surface area (Å²) in [6.07, 6.45) is 1.23. The predicted molar refractivity (Wildman–Crippen MR) is 96.5 cm³/mol. The summed E-state index contributed by atoms with van der Waals surface area (Å²) in [6, 6.07) is 12.6. The Labute approximate surface area is 149 Å². The Morgan fingerprint density at radius 1 is 0.955 bits per heavy atom. The number of benzene rings is 2. The van der Waals surface area contributed by atoms with E-state index in [2.05, 4.69) is 5.32 Å². The van der Waals surface area contributed by atoms with Gasteiger partial charge in [-0.25, -0.2) is 0 Å². The summed E-state index contributed by atoms with van der Waals surface area (Å²) in [7, 11) is 0. The smallest absolute Gasteiger partial charge is 0.224 e. The monoisotopic (exact) mass is 373 g/mol. The van der Waals surface area contributed by atoms with Crippen LogP contribution in [0.3, 0.4) is 0 Å². The SMILES string of the molecule is O=C(CCCSc1ccc(Cl)cc1)Nc1cc(Cl)cc(Cl)c1. The average molecular weight is 375 g/mol. The van der Waals surface area contributed by atoms with Gasteiger partial charge >= 0.3 is 0 Å². The van der Waals surface area contributed by atoms with E-state index >= 15 is 0 Å². The molecule has 2 aromatic rings. The molecule has 0 spiro atoms. The molecule has 0 saturated heterocycles. The van der Waals surface area contributed by atoms with Crippen molar-refractivity contribution in [2.75, 3.05) is 11.1 Å². The quantitative estimate of drug-likeness (QED) is 0.484. The number of rotatable bonds is 6. The van der Waals surface area contributed by atoms with Crippen LogP contribution < -0.4 is 5.32 Å². The molecule has 0 aromatic heterocycles. The number of thioether (sulfide) groups is 1. The predicted octanol–water partition coefficient (Wildman–Crippen LogP) is 6.16. The normalized spacial score (nSPS) is 10.5. The third-order valence-electron chi connectivity index (χ3n) is 2.78. The number of carbonyl (C=O) groups excluding carboxylic acids is 1. The van der Waals surface area contributed by atoms with Gasteiger partial charge in [-0.15, -0.1) is 11.8 Å². The van der Waals surface area contributed by atoms with Crippen LogP contribution >= 0.6 is 46.6 Å². The maximum Gasteiger partial charge on any atom is 0.224 e. The number of carbonyl (C=O) groups is 1. The van der Waals surface area contributed by atoms with Gasteiger partial charge in [0.1, 0.15) is 0 Å². The van der Waals surface area contributed by atoms with Crippen LogP contribution in [0.5, 0.6) is 0 Å². The fourth-order valence-corrected chi connectivity index (χ4v) is 3.31. The highest BCUT2D eigenvalue weighted by Gasteiger charge is 2.04. The number of amides is 1. The minimum Gasteiger partial charge on any atom is -0.326 e. The van der Waals surface area contributed by atoms with Crippen molar-refractivity contribution in [3.05, 3.63) is 57.5 Å². The number of hydrogen-bond donors (Lipinski definition) is 1. The number of nitrogens with one attached hydrogen (secondary N) is 1. The van der Waals surface area contributed by atoms with Gasteiger partial charge in [-0.05, 0) is 54.6 Å². The molecule has 1 N–H and O–H groups in total. The molecule has 116 valence electrons. The van der Waals surface area contributed by atoms with Crippen LogP contribution in [0.15, 0.2) is 47.4 Å². The third kappa shape index (κ3) is 6.09. The molecule has 0 saturated carbocycles. The first kappa shape index (κ1) is 17.5. The van der Waals surface area contributed by atoms with Crippen LogP contribution in [-0.4, -0.2) is 11.7 Å². The van der Waals surface area contributed by atoms with Crippen LogP contribution in [0.2, 0.25) is 15.1 Å². The van der Waals surface area contributed by atoms with Gasteiger partial charge in [-0.3, -0.25) is 4.79 Å². The molecule has 0 heterocycles. The van der Waals surface area contributed by atoms with Crippen molar-refractivity contribution in [3.63, 3.8) is 0 Å². The Morgan fingerprint density at radius 3 is 2.23 bits per heavy atom. The maximum atomic E-state index is 11.9. The maximum absolute atomic E-state index is 11.9. The summed E-state index contributed by atoms with van der Waals surface area (Å²) >= 11 is 19.3. The Bertz CT molecular complexity index is 626. The molecule has 0 aliphatic rings. The van der Waals surface area contributed by atoms with E-state index in [4.69, 9.17) is 34.8 Å². The summed E-state index contributed by atoms with van der Waals surface area (Å²) in [4.78, 5) is 13.0. The van der Waals surface area contributed by atoms with Crippen LogP contribution in [0.1, 0.15) is 12.8 Å². The second-order valence-corrected chi connectivity index (χ2v) is 7.09. The van der Waals surface area contributed by atoms with E-state index < -0.39 is 0 Å². The van der Waals surface area contributed by atoms with Crippen molar-refractivity contribution in [3.8, 4) is 0 Å². The topological polar surface area (TPSA) is 29.1 Å². The minimum absolute atomic E-state index is 0.0463. The molecule has 0 atom stereocenters. The van der Waals surface area contributed by atoms with E-state index in [1.165, 1.54) is 0 Å². The van der Waals surface area contributed by atoms with Gasteiger partial charge < -0.3 is 5.32 Å². The zero-order valence-corrected chi connectivity index (χ0v) is 14.7. The van der Waals surface area contributed by atoms with Crippen LogP contribution in [0, 0.1) is 0 Å².